The normalized spacial score (nSPS) is 10.3. The van der Waals surface area contributed by atoms with Crippen molar-refractivity contribution in [3.05, 3.63) is 63.1 Å². The van der Waals surface area contributed by atoms with Gasteiger partial charge >= 0.3 is 0 Å². The van der Waals surface area contributed by atoms with Crippen molar-refractivity contribution in [2.24, 2.45) is 0 Å². The average Bonchev–Trinajstić information content (AvgIpc) is 2.90. The van der Waals surface area contributed by atoms with Crippen molar-refractivity contribution in [3.8, 4) is 0 Å². The second-order valence-electron chi connectivity index (χ2n) is 4.21. The summed E-state index contributed by atoms with van der Waals surface area (Å²) in [6, 6.07) is 5.53. The van der Waals surface area contributed by atoms with Crippen molar-refractivity contribution >= 4 is 23.2 Å². The summed E-state index contributed by atoms with van der Waals surface area (Å²) in [4.78, 5) is 23.7. The van der Waals surface area contributed by atoms with E-state index in [0.717, 1.165) is 5.56 Å². The third-order valence-corrected chi connectivity index (χ3v) is 3.05. The van der Waals surface area contributed by atoms with E-state index in [1.807, 2.05) is 0 Å². The first-order valence-electron chi connectivity index (χ1n) is 5.69. The zero-order valence-corrected chi connectivity index (χ0v) is 11.3. The van der Waals surface area contributed by atoms with Crippen molar-refractivity contribution in [1.29, 1.82) is 0 Å². The number of hydrogen-bond donors (Lipinski definition) is 0. The summed E-state index contributed by atoms with van der Waals surface area (Å²) in [6.45, 7) is 0.364. The van der Waals surface area contributed by atoms with E-state index in [1.54, 1.807) is 19.4 Å². The Balaban J connectivity index is 2.18. The fraction of sp³-hybridized carbons (Fsp3) is 0.154. The molecule has 0 aliphatic rings. The molecular weight excluding hydrogens is 284 g/mol. The minimum atomic E-state index is -0.560. The van der Waals surface area contributed by atoms with E-state index in [9.17, 15) is 14.9 Å². The van der Waals surface area contributed by atoms with E-state index < -0.39 is 4.92 Å². The van der Waals surface area contributed by atoms with E-state index in [4.69, 9.17) is 16.0 Å². The number of nitro benzene ring substituents is 1. The summed E-state index contributed by atoms with van der Waals surface area (Å²) in [7, 11) is 1.62. The van der Waals surface area contributed by atoms with Gasteiger partial charge in [-0.05, 0) is 12.1 Å². The molecular formula is C13H11ClN2O4. The van der Waals surface area contributed by atoms with Crippen LogP contribution in [-0.4, -0.2) is 22.8 Å². The molecule has 1 aromatic carbocycles. The second-order valence-corrected chi connectivity index (χ2v) is 4.62. The number of hydrogen-bond acceptors (Lipinski definition) is 4. The predicted molar refractivity (Wildman–Crippen MR) is 72.6 cm³/mol. The van der Waals surface area contributed by atoms with Crippen LogP contribution in [0.25, 0.3) is 0 Å². The van der Waals surface area contributed by atoms with E-state index in [0.29, 0.717) is 6.54 Å². The van der Waals surface area contributed by atoms with Gasteiger partial charge in [0.25, 0.3) is 11.6 Å². The summed E-state index contributed by atoms with van der Waals surface area (Å²) in [6.07, 6.45) is 3.06. The quantitative estimate of drug-likeness (QED) is 0.641. The van der Waals surface area contributed by atoms with E-state index >= 15 is 0 Å². The Labute approximate surface area is 119 Å². The van der Waals surface area contributed by atoms with Gasteiger partial charge in [0.1, 0.15) is 0 Å². The second kappa shape index (κ2) is 5.75. The Bertz CT molecular complexity index is 640. The number of halogens is 1. The number of nitro groups is 1. The molecule has 0 radical (unpaired) electrons. The maximum atomic E-state index is 12.2. The summed E-state index contributed by atoms with van der Waals surface area (Å²) in [5.74, 6) is -0.314. The van der Waals surface area contributed by atoms with Crippen molar-refractivity contribution in [2.45, 2.75) is 6.54 Å². The third-order valence-electron chi connectivity index (χ3n) is 2.74. The molecule has 7 heteroatoms. The standard InChI is InChI=1S/C13H11ClN2O4/c1-15(7-9-4-5-20-8-9)13(17)11-3-2-10(16(18)19)6-12(11)14/h2-6,8H,7H2,1H3. The van der Waals surface area contributed by atoms with E-state index in [-0.39, 0.29) is 22.2 Å². The van der Waals surface area contributed by atoms with Crippen molar-refractivity contribution < 1.29 is 14.1 Å². The molecule has 0 aliphatic heterocycles. The highest BCUT2D eigenvalue weighted by molar-refractivity contribution is 6.34. The van der Waals surface area contributed by atoms with Gasteiger partial charge in [-0.25, -0.2) is 0 Å². The van der Waals surface area contributed by atoms with Crippen LogP contribution in [0.1, 0.15) is 15.9 Å². The highest BCUT2D eigenvalue weighted by Gasteiger charge is 2.18. The molecule has 1 heterocycles. The number of furan rings is 1. The first-order valence-corrected chi connectivity index (χ1v) is 6.07. The monoisotopic (exact) mass is 294 g/mol. The molecule has 0 spiro atoms. The van der Waals surface area contributed by atoms with Crippen molar-refractivity contribution in [2.75, 3.05) is 7.05 Å². The van der Waals surface area contributed by atoms with Crippen molar-refractivity contribution in [1.82, 2.24) is 4.90 Å². The molecule has 2 aromatic rings. The smallest absolute Gasteiger partial charge is 0.270 e. The van der Waals surface area contributed by atoms with Gasteiger partial charge in [-0.2, -0.15) is 0 Å². The Morgan fingerprint density at radius 3 is 2.75 bits per heavy atom. The predicted octanol–water partition coefficient (Wildman–Crippen LogP) is 3.11. The van der Waals surface area contributed by atoms with Gasteiger partial charge in [-0.15, -0.1) is 0 Å². The molecule has 0 unspecified atom stereocenters. The number of non-ortho nitro benzene ring substituents is 1. The number of benzene rings is 1. The maximum Gasteiger partial charge on any atom is 0.270 e. The van der Waals surface area contributed by atoms with Gasteiger partial charge in [0.15, 0.2) is 0 Å². The first-order chi connectivity index (χ1) is 9.49. The lowest BCUT2D eigenvalue weighted by Crippen LogP contribution is -2.26. The van der Waals surface area contributed by atoms with Gasteiger partial charge in [0.2, 0.25) is 0 Å². The lowest BCUT2D eigenvalue weighted by molar-refractivity contribution is -0.384. The summed E-state index contributed by atoms with van der Waals surface area (Å²) >= 11 is 5.92. The molecule has 0 N–H and O–H groups in total. The van der Waals surface area contributed by atoms with E-state index in [1.165, 1.54) is 29.4 Å². The molecule has 0 bridgehead atoms. The number of rotatable bonds is 4. The average molecular weight is 295 g/mol. The van der Waals surface area contributed by atoms with Crippen LogP contribution in [0, 0.1) is 10.1 Å². The van der Waals surface area contributed by atoms with Gasteiger partial charge in [0, 0.05) is 31.3 Å². The molecule has 1 amide bonds. The molecule has 0 fully saturated rings. The Morgan fingerprint density at radius 1 is 1.45 bits per heavy atom. The molecule has 0 saturated carbocycles. The molecule has 2 rings (SSSR count). The van der Waals surface area contributed by atoms with Crippen LogP contribution < -0.4 is 0 Å². The van der Waals surface area contributed by atoms with Gasteiger partial charge < -0.3 is 9.32 Å². The highest BCUT2D eigenvalue weighted by Crippen LogP contribution is 2.23. The Kier molecular flexibility index (Phi) is 4.05. The van der Waals surface area contributed by atoms with Crippen molar-refractivity contribution in [3.63, 3.8) is 0 Å². The Morgan fingerprint density at radius 2 is 2.20 bits per heavy atom. The van der Waals surface area contributed by atoms with Crippen LogP contribution >= 0.6 is 11.6 Å². The number of amides is 1. The lowest BCUT2D eigenvalue weighted by Gasteiger charge is -2.16. The fourth-order valence-electron chi connectivity index (χ4n) is 1.72. The van der Waals surface area contributed by atoms with Crippen LogP contribution in [0.15, 0.2) is 41.2 Å². The van der Waals surface area contributed by atoms with Gasteiger partial charge in [-0.3, -0.25) is 14.9 Å². The SMILES string of the molecule is CN(Cc1ccoc1)C(=O)c1ccc([N+](=O)[O-])cc1Cl. The number of carbonyl (C=O) groups is 1. The fourth-order valence-corrected chi connectivity index (χ4v) is 1.98. The minimum Gasteiger partial charge on any atom is -0.472 e. The first kappa shape index (κ1) is 14.1. The molecule has 104 valence electrons. The van der Waals surface area contributed by atoms with E-state index in [2.05, 4.69) is 0 Å². The largest absolute Gasteiger partial charge is 0.472 e. The molecule has 20 heavy (non-hydrogen) atoms. The van der Waals surface area contributed by atoms with Crippen LogP contribution in [0.4, 0.5) is 5.69 Å². The van der Waals surface area contributed by atoms with Crippen LogP contribution in [0.2, 0.25) is 5.02 Å². The third kappa shape index (κ3) is 2.97. The zero-order valence-electron chi connectivity index (χ0n) is 10.6. The van der Waals surface area contributed by atoms with Gasteiger partial charge in [0.05, 0.1) is 28.0 Å². The Hall–Kier alpha value is -2.34. The van der Waals surface area contributed by atoms with Crippen LogP contribution in [-0.2, 0) is 6.54 Å². The summed E-state index contributed by atoms with van der Waals surface area (Å²) in [5.41, 5.74) is 0.922. The highest BCUT2D eigenvalue weighted by atomic mass is 35.5. The number of carbonyl (C=O) groups excluding carboxylic acids is 1. The molecule has 0 saturated heterocycles. The van der Waals surface area contributed by atoms with Crippen LogP contribution in [0.3, 0.4) is 0 Å². The summed E-state index contributed by atoms with van der Waals surface area (Å²) < 4.78 is 4.93. The topological polar surface area (TPSA) is 76.6 Å². The molecule has 1 aromatic heterocycles. The van der Waals surface area contributed by atoms with Gasteiger partial charge in [-0.1, -0.05) is 11.6 Å². The summed E-state index contributed by atoms with van der Waals surface area (Å²) in [5, 5.41) is 10.7. The molecule has 0 aliphatic carbocycles. The molecule has 6 nitrogen and oxygen atoms in total. The zero-order chi connectivity index (χ0) is 14.7. The maximum absolute atomic E-state index is 12.2. The van der Waals surface area contributed by atoms with Crippen LogP contribution in [0.5, 0.6) is 0 Å². The minimum absolute atomic E-state index is 0.0586. The molecule has 0 atom stereocenters. The lowest BCUT2D eigenvalue weighted by atomic mass is 10.1. The number of nitrogens with zero attached hydrogens (tertiary/aromatic N) is 2.